The first kappa shape index (κ1) is 4.81. The molecule has 0 atom stereocenters. The lowest BCUT2D eigenvalue weighted by atomic mass is 10.7. The van der Waals surface area contributed by atoms with Crippen LogP contribution in [0.15, 0.2) is 17.6 Å². The van der Waals surface area contributed by atoms with Gasteiger partial charge in [-0.3, -0.25) is 0 Å². The number of anilines is 1. The highest BCUT2D eigenvalue weighted by Crippen LogP contribution is 2.15. The van der Waals surface area contributed by atoms with Crippen LogP contribution >= 0.6 is 11.3 Å². The van der Waals surface area contributed by atoms with Crippen LogP contribution in [0.4, 0.5) is 5.82 Å². The molecule has 2 heterocycles. The zero-order chi connectivity index (χ0) is 6.27. The fraction of sp³-hybridized carbons (Fsp3) is 0. The number of fused-ring (bicyclic) bond motifs is 1. The molecule has 0 fully saturated rings. The summed E-state index contributed by atoms with van der Waals surface area (Å²) in [5.74, 6) is 0.708. The smallest absolute Gasteiger partial charge is 0.136 e. The van der Waals surface area contributed by atoms with Crippen molar-refractivity contribution in [2.24, 2.45) is 0 Å². The van der Waals surface area contributed by atoms with Crippen molar-refractivity contribution in [3.63, 3.8) is 0 Å². The largest absolute Gasteiger partial charge is 0.383 e. The van der Waals surface area contributed by atoms with E-state index in [1.54, 1.807) is 22.0 Å². The summed E-state index contributed by atoms with van der Waals surface area (Å²) in [6.07, 6.45) is 1.74. The molecule has 0 aromatic carbocycles. The van der Waals surface area contributed by atoms with Gasteiger partial charge in [-0.2, -0.15) is 5.10 Å². The summed E-state index contributed by atoms with van der Waals surface area (Å²) in [6, 6.07) is 1.93. The first-order valence-corrected chi connectivity index (χ1v) is 3.42. The van der Waals surface area contributed by atoms with Crippen molar-refractivity contribution in [2.75, 3.05) is 5.73 Å². The van der Waals surface area contributed by atoms with Gasteiger partial charge in [-0.05, 0) is 6.07 Å². The van der Waals surface area contributed by atoms with Crippen LogP contribution in [0.1, 0.15) is 0 Å². The minimum atomic E-state index is 0.708. The molecular formula is C5H5N3S. The molecule has 0 bridgehead atoms. The number of aromatic nitrogens is 2. The van der Waals surface area contributed by atoms with Crippen molar-refractivity contribution in [3.8, 4) is 0 Å². The van der Waals surface area contributed by atoms with Gasteiger partial charge >= 0.3 is 0 Å². The van der Waals surface area contributed by atoms with Crippen molar-refractivity contribution < 1.29 is 0 Å². The van der Waals surface area contributed by atoms with Crippen LogP contribution in [-0.4, -0.2) is 9.61 Å². The Bertz CT molecular complexity index is 321. The second kappa shape index (κ2) is 1.48. The summed E-state index contributed by atoms with van der Waals surface area (Å²) >= 11 is 1.60. The first-order valence-electron chi connectivity index (χ1n) is 2.54. The van der Waals surface area contributed by atoms with E-state index in [4.69, 9.17) is 5.73 Å². The molecular weight excluding hydrogens is 134 g/mol. The molecule has 0 aliphatic carbocycles. The fourth-order valence-corrected chi connectivity index (χ4v) is 1.48. The maximum absolute atomic E-state index is 5.53. The molecule has 3 nitrogen and oxygen atoms in total. The Kier molecular flexibility index (Phi) is 0.790. The van der Waals surface area contributed by atoms with Crippen molar-refractivity contribution >= 4 is 22.0 Å². The molecule has 0 amide bonds. The maximum atomic E-state index is 5.53. The lowest BCUT2D eigenvalue weighted by Gasteiger charge is -1.82. The lowest BCUT2D eigenvalue weighted by Crippen LogP contribution is -1.90. The third-order valence-electron chi connectivity index (χ3n) is 1.15. The lowest BCUT2D eigenvalue weighted by molar-refractivity contribution is 0.989. The number of nitrogens with two attached hydrogens (primary N) is 1. The van der Waals surface area contributed by atoms with Crippen molar-refractivity contribution in [3.05, 3.63) is 17.6 Å². The van der Waals surface area contributed by atoms with Crippen LogP contribution in [0.25, 0.3) is 4.83 Å². The van der Waals surface area contributed by atoms with Crippen LogP contribution < -0.4 is 5.73 Å². The molecule has 4 heteroatoms. The van der Waals surface area contributed by atoms with Crippen LogP contribution in [-0.2, 0) is 0 Å². The zero-order valence-electron chi connectivity index (χ0n) is 4.61. The van der Waals surface area contributed by atoms with E-state index < -0.39 is 0 Å². The van der Waals surface area contributed by atoms with E-state index in [2.05, 4.69) is 5.10 Å². The topological polar surface area (TPSA) is 43.3 Å². The number of nitrogen functional groups attached to an aromatic ring is 1. The fourth-order valence-electron chi connectivity index (χ4n) is 0.745. The Balaban J connectivity index is 2.99. The van der Waals surface area contributed by atoms with Crippen LogP contribution in [0, 0.1) is 0 Å². The van der Waals surface area contributed by atoms with E-state index in [1.165, 1.54) is 0 Å². The predicted molar refractivity (Wildman–Crippen MR) is 37.5 cm³/mol. The minimum Gasteiger partial charge on any atom is -0.383 e. The van der Waals surface area contributed by atoms with Gasteiger partial charge in [0.1, 0.15) is 10.6 Å². The van der Waals surface area contributed by atoms with E-state index in [9.17, 15) is 0 Å². The third-order valence-corrected chi connectivity index (χ3v) is 2.06. The first-order chi connectivity index (χ1) is 4.38. The summed E-state index contributed by atoms with van der Waals surface area (Å²) in [5.41, 5.74) is 5.53. The Hall–Kier alpha value is -1.03. The second-order valence-electron chi connectivity index (χ2n) is 1.74. The third kappa shape index (κ3) is 0.533. The maximum Gasteiger partial charge on any atom is 0.136 e. The van der Waals surface area contributed by atoms with E-state index in [0.29, 0.717) is 5.82 Å². The predicted octanol–water partition coefficient (Wildman–Crippen LogP) is 0.978. The molecule has 2 rings (SSSR count). The molecule has 0 aliphatic heterocycles. The van der Waals surface area contributed by atoms with E-state index in [1.807, 2.05) is 11.4 Å². The van der Waals surface area contributed by atoms with E-state index in [0.717, 1.165) is 4.83 Å². The summed E-state index contributed by atoms with van der Waals surface area (Å²) in [4.78, 5) is 1.09. The second-order valence-corrected chi connectivity index (χ2v) is 2.63. The standard InChI is InChI=1S/C5H5N3S/c6-4-3-9-5-1-2-7-8(4)5/h1-3H,6H2. The monoisotopic (exact) mass is 139 g/mol. The van der Waals surface area contributed by atoms with Crippen molar-refractivity contribution in [1.82, 2.24) is 9.61 Å². The van der Waals surface area contributed by atoms with Gasteiger partial charge in [0.25, 0.3) is 0 Å². The van der Waals surface area contributed by atoms with Gasteiger partial charge in [-0.1, -0.05) is 0 Å². The molecule has 2 aromatic rings. The van der Waals surface area contributed by atoms with Gasteiger partial charge in [0, 0.05) is 5.38 Å². The molecule has 0 aliphatic rings. The highest BCUT2D eigenvalue weighted by molar-refractivity contribution is 7.15. The molecule has 2 aromatic heterocycles. The SMILES string of the molecule is Nc1csc2ccnn12. The summed E-state index contributed by atoms with van der Waals surface area (Å²) in [7, 11) is 0. The molecule has 0 saturated carbocycles. The average molecular weight is 139 g/mol. The van der Waals surface area contributed by atoms with Crippen LogP contribution in [0.3, 0.4) is 0 Å². The van der Waals surface area contributed by atoms with Gasteiger partial charge in [0.05, 0.1) is 6.20 Å². The van der Waals surface area contributed by atoms with E-state index in [-0.39, 0.29) is 0 Å². The molecule has 0 spiro atoms. The normalized spacial score (nSPS) is 10.7. The summed E-state index contributed by atoms with van der Waals surface area (Å²) < 4.78 is 1.71. The van der Waals surface area contributed by atoms with Gasteiger partial charge in [0.15, 0.2) is 0 Å². The summed E-state index contributed by atoms with van der Waals surface area (Å²) in [5, 5.41) is 5.86. The van der Waals surface area contributed by atoms with Crippen LogP contribution in [0.2, 0.25) is 0 Å². The number of nitrogens with zero attached hydrogens (tertiary/aromatic N) is 2. The van der Waals surface area contributed by atoms with E-state index >= 15 is 0 Å². The Morgan fingerprint density at radius 3 is 3.33 bits per heavy atom. The van der Waals surface area contributed by atoms with Gasteiger partial charge in [-0.25, -0.2) is 4.52 Å². The van der Waals surface area contributed by atoms with Gasteiger partial charge in [-0.15, -0.1) is 11.3 Å². The molecule has 0 unspecified atom stereocenters. The molecule has 0 radical (unpaired) electrons. The summed E-state index contributed by atoms with van der Waals surface area (Å²) in [6.45, 7) is 0. The Morgan fingerprint density at radius 2 is 2.56 bits per heavy atom. The molecule has 0 saturated heterocycles. The highest BCUT2D eigenvalue weighted by Gasteiger charge is 1.96. The minimum absolute atomic E-state index is 0.708. The highest BCUT2D eigenvalue weighted by atomic mass is 32.1. The average Bonchev–Trinajstić information content (AvgIpc) is 2.35. The number of hydrogen-bond donors (Lipinski definition) is 1. The van der Waals surface area contributed by atoms with Crippen LogP contribution in [0.5, 0.6) is 0 Å². The Morgan fingerprint density at radius 1 is 1.67 bits per heavy atom. The van der Waals surface area contributed by atoms with Crippen molar-refractivity contribution in [2.45, 2.75) is 0 Å². The number of thiazole rings is 1. The quantitative estimate of drug-likeness (QED) is 0.591. The Labute approximate surface area is 55.7 Å². The van der Waals surface area contributed by atoms with Gasteiger partial charge < -0.3 is 5.73 Å². The van der Waals surface area contributed by atoms with Crippen molar-refractivity contribution in [1.29, 1.82) is 0 Å². The molecule has 46 valence electrons. The zero-order valence-corrected chi connectivity index (χ0v) is 5.43. The number of rotatable bonds is 0. The number of hydrogen-bond acceptors (Lipinski definition) is 3. The molecule has 2 N–H and O–H groups in total. The van der Waals surface area contributed by atoms with Gasteiger partial charge in [0.2, 0.25) is 0 Å². The molecule has 9 heavy (non-hydrogen) atoms.